The highest BCUT2D eigenvalue weighted by atomic mass is 16.4. The average Bonchev–Trinajstić information content (AvgIpc) is 2.13. The van der Waals surface area contributed by atoms with E-state index < -0.39 is 11.8 Å². The van der Waals surface area contributed by atoms with Crippen molar-refractivity contribution >= 4 is 11.9 Å². The molecule has 0 aromatic rings. The fourth-order valence-electron chi connectivity index (χ4n) is 0.437. The highest BCUT2D eigenvalue weighted by Gasteiger charge is 2.37. The number of carboxylic acids is 1. The third-order valence-corrected chi connectivity index (χ3v) is 0.905. The van der Waals surface area contributed by atoms with Crippen molar-refractivity contribution in [1.82, 2.24) is 0 Å². The molecule has 0 fully saturated rings. The van der Waals surface area contributed by atoms with Crippen LogP contribution in [0.15, 0.2) is 15.2 Å². The van der Waals surface area contributed by atoms with E-state index in [-0.39, 0.29) is 5.96 Å². The summed E-state index contributed by atoms with van der Waals surface area (Å²) < 4.78 is 0. The summed E-state index contributed by atoms with van der Waals surface area (Å²) >= 11 is 0. The van der Waals surface area contributed by atoms with E-state index >= 15 is 0 Å². The number of guanidine groups is 1. The Labute approximate surface area is 55.4 Å². The first-order valence-electron chi connectivity index (χ1n) is 2.35. The lowest BCUT2D eigenvalue weighted by Gasteiger charge is -2.06. The van der Waals surface area contributed by atoms with Crippen molar-refractivity contribution in [3.63, 3.8) is 0 Å². The number of carboxylic acid groups (broad SMARTS) is 1. The maximum absolute atomic E-state index is 10.2. The van der Waals surface area contributed by atoms with Gasteiger partial charge in [0.05, 0.1) is 0 Å². The van der Waals surface area contributed by atoms with Gasteiger partial charge in [-0.25, -0.2) is 4.79 Å². The molecular weight excluding hydrogens is 138 g/mol. The number of hydrogen-bond acceptors (Lipinski definition) is 6. The largest absolute Gasteiger partial charge is 0.477 e. The number of hydrogen-bond donors (Lipinski definition) is 3. The molecule has 0 saturated heterocycles. The van der Waals surface area contributed by atoms with Crippen LogP contribution in [0.3, 0.4) is 0 Å². The van der Waals surface area contributed by atoms with E-state index in [4.69, 9.17) is 16.6 Å². The molecule has 1 heterocycles. The topological polar surface area (TPSA) is 126 Å². The third kappa shape index (κ3) is 0.818. The Morgan fingerprint density at radius 1 is 1.70 bits per heavy atom. The van der Waals surface area contributed by atoms with E-state index in [1.165, 1.54) is 0 Å². The normalized spacial score (nSPS) is 30.3. The average molecular weight is 143 g/mol. The Balaban J connectivity index is 2.95. The fraction of sp³-hybridized carbons (Fsp3) is 0.333. The lowest BCUT2D eigenvalue weighted by atomic mass is 10.4. The summed E-state index contributed by atoms with van der Waals surface area (Å²) in [6, 6.07) is 0. The van der Waals surface area contributed by atoms with Crippen LogP contribution >= 0.6 is 0 Å². The van der Waals surface area contributed by atoms with Crippen LogP contribution in [0.4, 0.5) is 0 Å². The van der Waals surface area contributed by atoms with Crippen molar-refractivity contribution in [2.75, 3.05) is 0 Å². The van der Waals surface area contributed by atoms with E-state index in [0.29, 0.717) is 0 Å². The highest BCUT2D eigenvalue weighted by molar-refractivity contribution is 5.87. The lowest BCUT2D eigenvalue weighted by Crippen LogP contribution is -2.43. The van der Waals surface area contributed by atoms with Gasteiger partial charge in [0.15, 0.2) is 0 Å². The van der Waals surface area contributed by atoms with Crippen molar-refractivity contribution in [3.05, 3.63) is 0 Å². The molecule has 5 N–H and O–H groups in total. The molecule has 1 aliphatic heterocycles. The second-order valence-corrected chi connectivity index (χ2v) is 1.70. The SMILES string of the molecule is NC1=NC(N)(C(=O)O)N=N1. The molecule has 1 rings (SSSR count). The maximum Gasteiger partial charge on any atom is 0.372 e. The molecule has 0 spiro atoms. The number of rotatable bonds is 1. The number of aliphatic carboxylic acids is 1. The predicted molar refractivity (Wildman–Crippen MR) is 31.0 cm³/mol. The van der Waals surface area contributed by atoms with Crippen molar-refractivity contribution < 1.29 is 9.90 Å². The summed E-state index contributed by atoms with van der Waals surface area (Å²) in [4.78, 5) is 13.5. The minimum atomic E-state index is -2.00. The van der Waals surface area contributed by atoms with E-state index in [1.54, 1.807) is 0 Å². The molecular formula is C3H5N5O2. The van der Waals surface area contributed by atoms with Crippen LogP contribution in [0.1, 0.15) is 0 Å². The zero-order valence-corrected chi connectivity index (χ0v) is 4.85. The van der Waals surface area contributed by atoms with Crippen LogP contribution < -0.4 is 11.5 Å². The van der Waals surface area contributed by atoms with Gasteiger partial charge in [0.1, 0.15) is 0 Å². The monoisotopic (exact) mass is 143 g/mol. The van der Waals surface area contributed by atoms with Gasteiger partial charge in [0.25, 0.3) is 0 Å². The Bertz CT molecular complexity index is 233. The van der Waals surface area contributed by atoms with Crippen molar-refractivity contribution in [3.8, 4) is 0 Å². The van der Waals surface area contributed by atoms with Gasteiger partial charge >= 0.3 is 11.8 Å². The minimum Gasteiger partial charge on any atom is -0.477 e. The molecule has 7 heteroatoms. The maximum atomic E-state index is 10.2. The Morgan fingerprint density at radius 2 is 2.30 bits per heavy atom. The summed E-state index contributed by atoms with van der Waals surface area (Å²) in [5.41, 5.74) is 10.1. The van der Waals surface area contributed by atoms with Crippen molar-refractivity contribution in [2.45, 2.75) is 5.79 Å². The minimum absolute atomic E-state index is 0.218. The Morgan fingerprint density at radius 3 is 2.50 bits per heavy atom. The summed E-state index contributed by atoms with van der Waals surface area (Å²) in [7, 11) is 0. The molecule has 1 unspecified atom stereocenters. The van der Waals surface area contributed by atoms with Gasteiger partial charge in [-0.2, -0.15) is 4.99 Å². The Kier molecular flexibility index (Phi) is 1.15. The Hall–Kier alpha value is -1.50. The van der Waals surface area contributed by atoms with Gasteiger partial charge in [-0.3, -0.25) is 5.73 Å². The van der Waals surface area contributed by atoms with Gasteiger partial charge in [-0.05, 0) is 0 Å². The predicted octanol–water partition coefficient (Wildman–Crippen LogP) is -1.54. The molecule has 1 atom stereocenters. The number of carbonyl (C=O) groups is 1. The van der Waals surface area contributed by atoms with Crippen LogP contribution in [-0.4, -0.2) is 22.8 Å². The lowest BCUT2D eigenvalue weighted by molar-refractivity contribution is -0.142. The zero-order valence-electron chi connectivity index (χ0n) is 4.85. The van der Waals surface area contributed by atoms with E-state index in [1.807, 2.05) is 0 Å². The first-order chi connectivity index (χ1) is 4.54. The molecule has 0 saturated carbocycles. The molecule has 0 amide bonds. The van der Waals surface area contributed by atoms with Gasteiger partial charge in [-0.1, -0.05) is 0 Å². The van der Waals surface area contributed by atoms with E-state index in [0.717, 1.165) is 0 Å². The first-order valence-corrected chi connectivity index (χ1v) is 2.35. The summed E-state index contributed by atoms with van der Waals surface area (Å²) in [6.45, 7) is 0. The fourth-order valence-corrected chi connectivity index (χ4v) is 0.437. The van der Waals surface area contributed by atoms with E-state index in [2.05, 4.69) is 15.2 Å². The molecule has 10 heavy (non-hydrogen) atoms. The number of aliphatic imine (C=N–C) groups is 1. The summed E-state index contributed by atoms with van der Waals surface area (Å²) in [5.74, 6) is -3.59. The van der Waals surface area contributed by atoms with E-state index in [9.17, 15) is 4.79 Å². The van der Waals surface area contributed by atoms with Gasteiger partial charge < -0.3 is 10.8 Å². The molecule has 0 radical (unpaired) electrons. The van der Waals surface area contributed by atoms with Crippen LogP contribution in [0.25, 0.3) is 0 Å². The standard InChI is InChI=1S/C3H5N5O2/c4-2-6-3(5,1(9)10)8-7-2/h5H2,(H2,4,6)(H,9,10). The van der Waals surface area contributed by atoms with Gasteiger partial charge in [0, 0.05) is 0 Å². The van der Waals surface area contributed by atoms with Crippen molar-refractivity contribution in [2.24, 2.45) is 26.7 Å². The summed E-state index contributed by atoms with van der Waals surface area (Å²) in [5, 5.41) is 14.6. The van der Waals surface area contributed by atoms with Crippen LogP contribution in [0.5, 0.6) is 0 Å². The zero-order chi connectivity index (χ0) is 7.78. The van der Waals surface area contributed by atoms with Crippen LogP contribution in [0.2, 0.25) is 0 Å². The number of azo groups is 1. The number of nitrogens with zero attached hydrogens (tertiary/aromatic N) is 3. The second-order valence-electron chi connectivity index (χ2n) is 1.70. The van der Waals surface area contributed by atoms with Gasteiger partial charge in [0.2, 0.25) is 5.96 Å². The number of nitrogens with two attached hydrogens (primary N) is 2. The summed E-state index contributed by atoms with van der Waals surface area (Å²) in [6.07, 6.45) is 0. The smallest absolute Gasteiger partial charge is 0.372 e. The molecule has 0 aromatic heterocycles. The second kappa shape index (κ2) is 1.74. The first kappa shape index (κ1) is 6.62. The molecule has 54 valence electrons. The third-order valence-electron chi connectivity index (χ3n) is 0.905. The molecule has 0 aromatic carbocycles. The van der Waals surface area contributed by atoms with Gasteiger partial charge in [-0.15, -0.1) is 10.2 Å². The molecule has 0 aliphatic carbocycles. The molecule has 7 nitrogen and oxygen atoms in total. The highest BCUT2D eigenvalue weighted by Crippen LogP contribution is 2.11. The molecule has 0 bridgehead atoms. The van der Waals surface area contributed by atoms with Crippen LogP contribution in [0, 0.1) is 0 Å². The quantitative estimate of drug-likeness (QED) is 0.411. The molecule has 1 aliphatic rings. The van der Waals surface area contributed by atoms with Crippen molar-refractivity contribution in [1.29, 1.82) is 0 Å². The van der Waals surface area contributed by atoms with Crippen LogP contribution in [-0.2, 0) is 4.79 Å².